The van der Waals surface area contributed by atoms with Crippen LogP contribution in [0.5, 0.6) is 0 Å². The SMILES string of the molecule is O=Cc1ccccc1-c1cc(-c2ccccn2)cn(C2=CCCC=C2)c1=O. The van der Waals surface area contributed by atoms with Gasteiger partial charge in [0.25, 0.3) is 5.56 Å². The van der Waals surface area contributed by atoms with Crippen molar-refractivity contribution in [2.75, 3.05) is 0 Å². The van der Waals surface area contributed by atoms with Crippen LogP contribution in [0.2, 0.25) is 0 Å². The molecule has 3 aromatic rings. The highest BCUT2D eigenvalue weighted by molar-refractivity contribution is 5.88. The Morgan fingerprint density at radius 3 is 2.59 bits per heavy atom. The number of carbonyl (C=O) groups excluding carboxylic acids is 1. The summed E-state index contributed by atoms with van der Waals surface area (Å²) >= 11 is 0. The van der Waals surface area contributed by atoms with Crippen molar-refractivity contribution in [3.63, 3.8) is 0 Å². The molecular weight excluding hydrogens is 336 g/mol. The number of aromatic nitrogens is 2. The lowest BCUT2D eigenvalue weighted by Crippen LogP contribution is -2.21. The third-order valence-corrected chi connectivity index (χ3v) is 4.61. The van der Waals surface area contributed by atoms with Crippen LogP contribution in [0.1, 0.15) is 23.2 Å². The predicted molar refractivity (Wildman–Crippen MR) is 107 cm³/mol. The number of pyridine rings is 2. The minimum absolute atomic E-state index is 0.151. The molecule has 0 atom stereocenters. The molecule has 2 aromatic heterocycles. The second-order valence-corrected chi connectivity index (χ2v) is 6.35. The quantitative estimate of drug-likeness (QED) is 0.644. The van der Waals surface area contributed by atoms with Gasteiger partial charge in [-0.2, -0.15) is 0 Å². The molecular formula is C23H18N2O2. The van der Waals surface area contributed by atoms with E-state index in [1.54, 1.807) is 29.0 Å². The average molecular weight is 354 g/mol. The molecule has 0 saturated carbocycles. The maximum atomic E-state index is 13.3. The molecule has 1 aromatic carbocycles. The third kappa shape index (κ3) is 3.29. The lowest BCUT2D eigenvalue weighted by Gasteiger charge is -2.15. The largest absolute Gasteiger partial charge is 0.298 e. The highest BCUT2D eigenvalue weighted by atomic mass is 16.1. The first kappa shape index (κ1) is 16.9. The average Bonchev–Trinajstić information content (AvgIpc) is 2.75. The van der Waals surface area contributed by atoms with Crippen LogP contribution < -0.4 is 5.56 Å². The molecule has 0 amide bonds. The summed E-state index contributed by atoms with van der Waals surface area (Å²) in [6.45, 7) is 0. The van der Waals surface area contributed by atoms with Gasteiger partial charge in [-0.05, 0) is 42.7 Å². The van der Waals surface area contributed by atoms with Crippen molar-refractivity contribution >= 4 is 12.0 Å². The van der Waals surface area contributed by atoms with E-state index < -0.39 is 0 Å². The molecule has 0 aliphatic heterocycles. The van der Waals surface area contributed by atoms with Crippen LogP contribution in [0, 0.1) is 0 Å². The minimum atomic E-state index is -0.151. The Hall–Kier alpha value is -3.53. The van der Waals surface area contributed by atoms with E-state index in [4.69, 9.17) is 0 Å². The van der Waals surface area contributed by atoms with E-state index in [9.17, 15) is 9.59 Å². The zero-order valence-corrected chi connectivity index (χ0v) is 14.7. The number of carbonyl (C=O) groups is 1. The lowest BCUT2D eigenvalue weighted by atomic mass is 9.99. The normalized spacial score (nSPS) is 13.3. The minimum Gasteiger partial charge on any atom is -0.298 e. The van der Waals surface area contributed by atoms with Crippen LogP contribution in [0.15, 0.2) is 83.9 Å². The number of aldehydes is 1. The van der Waals surface area contributed by atoms with Gasteiger partial charge in [-0.1, -0.05) is 42.5 Å². The van der Waals surface area contributed by atoms with Crippen molar-refractivity contribution in [1.82, 2.24) is 9.55 Å². The summed E-state index contributed by atoms with van der Waals surface area (Å²) in [6.07, 6.45) is 12.3. The summed E-state index contributed by atoms with van der Waals surface area (Å²) in [5.41, 5.74) is 3.90. The fraction of sp³-hybridized carbons (Fsp3) is 0.0870. The topological polar surface area (TPSA) is 52.0 Å². The van der Waals surface area contributed by atoms with E-state index in [-0.39, 0.29) is 5.56 Å². The maximum absolute atomic E-state index is 13.3. The Balaban J connectivity index is 2.00. The van der Waals surface area contributed by atoms with Crippen molar-refractivity contribution in [2.24, 2.45) is 0 Å². The highest BCUT2D eigenvalue weighted by Gasteiger charge is 2.15. The number of nitrogens with zero attached hydrogens (tertiary/aromatic N) is 2. The summed E-state index contributed by atoms with van der Waals surface area (Å²) in [7, 11) is 0. The highest BCUT2D eigenvalue weighted by Crippen LogP contribution is 2.26. The van der Waals surface area contributed by atoms with E-state index in [1.807, 2.05) is 42.6 Å². The summed E-state index contributed by atoms with van der Waals surface area (Å²) in [5.74, 6) is 0. The first-order valence-electron chi connectivity index (χ1n) is 8.87. The van der Waals surface area contributed by atoms with Gasteiger partial charge in [0.2, 0.25) is 0 Å². The second-order valence-electron chi connectivity index (χ2n) is 6.35. The Kier molecular flexibility index (Phi) is 4.62. The number of allylic oxidation sites excluding steroid dienone is 4. The van der Waals surface area contributed by atoms with Crippen molar-refractivity contribution in [1.29, 1.82) is 0 Å². The number of rotatable bonds is 4. The third-order valence-electron chi connectivity index (χ3n) is 4.61. The van der Waals surface area contributed by atoms with Crippen LogP contribution >= 0.6 is 0 Å². The molecule has 4 rings (SSSR count). The van der Waals surface area contributed by atoms with Crippen LogP contribution in [0.4, 0.5) is 0 Å². The Morgan fingerprint density at radius 1 is 1.00 bits per heavy atom. The maximum Gasteiger partial charge on any atom is 0.263 e. The van der Waals surface area contributed by atoms with Crippen LogP contribution in [0.25, 0.3) is 28.1 Å². The molecule has 0 fully saturated rings. The van der Waals surface area contributed by atoms with Crippen molar-refractivity contribution in [3.05, 3.63) is 95.1 Å². The van der Waals surface area contributed by atoms with Crippen LogP contribution in [-0.2, 0) is 0 Å². The van der Waals surface area contributed by atoms with Crippen LogP contribution in [0.3, 0.4) is 0 Å². The second kappa shape index (κ2) is 7.38. The smallest absolute Gasteiger partial charge is 0.263 e. The van der Waals surface area contributed by atoms with Gasteiger partial charge in [-0.25, -0.2) is 0 Å². The molecule has 0 bridgehead atoms. The Bertz CT molecular complexity index is 1110. The molecule has 0 spiro atoms. The van der Waals surface area contributed by atoms with Crippen molar-refractivity contribution in [2.45, 2.75) is 12.8 Å². The molecule has 1 aliphatic carbocycles. The van der Waals surface area contributed by atoms with Gasteiger partial charge in [0, 0.05) is 34.8 Å². The van der Waals surface area contributed by atoms with Gasteiger partial charge < -0.3 is 0 Å². The van der Waals surface area contributed by atoms with E-state index in [0.717, 1.165) is 36.1 Å². The number of hydrogen-bond donors (Lipinski definition) is 0. The molecule has 4 heteroatoms. The zero-order valence-electron chi connectivity index (χ0n) is 14.7. The van der Waals surface area contributed by atoms with Crippen molar-refractivity contribution < 1.29 is 4.79 Å². The van der Waals surface area contributed by atoms with Crippen molar-refractivity contribution in [3.8, 4) is 22.4 Å². The molecule has 0 N–H and O–H groups in total. The fourth-order valence-electron chi connectivity index (χ4n) is 3.26. The molecule has 132 valence electrons. The number of hydrogen-bond acceptors (Lipinski definition) is 3. The monoisotopic (exact) mass is 354 g/mol. The Morgan fingerprint density at radius 2 is 1.85 bits per heavy atom. The first-order chi connectivity index (χ1) is 13.3. The van der Waals surface area contributed by atoms with Gasteiger partial charge in [0.1, 0.15) is 0 Å². The molecule has 2 heterocycles. The Labute approximate surface area is 157 Å². The zero-order chi connectivity index (χ0) is 18.6. The van der Waals surface area contributed by atoms with Gasteiger partial charge >= 0.3 is 0 Å². The summed E-state index contributed by atoms with van der Waals surface area (Å²) in [4.78, 5) is 29.2. The van der Waals surface area contributed by atoms with Crippen LogP contribution in [-0.4, -0.2) is 15.8 Å². The first-order valence-corrected chi connectivity index (χ1v) is 8.87. The lowest BCUT2D eigenvalue weighted by molar-refractivity contribution is 0.112. The molecule has 4 nitrogen and oxygen atoms in total. The molecule has 0 radical (unpaired) electrons. The molecule has 0 saturated heterocycles. The summed E-state index contributed by atoms with van der Waals surface area (Å²) in [6, 6.07) is 14.6. The molecule has 27 heavy (non-hydrogen) atoms. The standard InChI is InChI=1S/C23H18N2O2/c26-16-17-8-4-5-11-20(17)21-14-18(22-12-6-7-13-24-22)15-25(23(21)27)19-9-2-1-3-10-19/h2,4-16H,1,3H2. The van der Waals surface area contributed by atoms with Gasteiger partial charge in [0.05, 0.1) is 5.69 Å². The van der Waals surface area contributed by atoms with E-state index in [2.05, 4.69) is 17.1 Å². The number of benzene rings is 1. The van der Waals surface area contributed by atoms with Gasteiger partial charge in [0.15, 0.2) is 6.29 Å². The van der Waals surface area contributed by atoms with E-state index in [1.165, 1.54) is 0 Å². The summed E-state index contributed by atoms with van der Waals surface area (Å²) in [5, 5.41) is 0. The summed E-state index contributed by atoms with van der Waals surface area (Å²) < 4.78 is 1.65. The van der Waals surface area contributed by atoms with E-state index >= 15 is 0 Å². The van der Waals surface area contributed by atoms with Gasteiger partial charge in [-0.15, -0.1) is 0 Å². The molecule has 0 unspecified atom stereocenters. The fourth-order valence-corrected chi connectivity index (χ4v) is 3.26. The molecule has 1 aliphatic rings. The van der Waals surface area contributed by atoms with E-state index in [0.29, 0.717) is 16.7 Å². The predicted octanol–water partition coefficient (Wildman–Crippen LogP) is 4.58. The van der Waals surface area contributed by atoms with Gasteiger partial charge in [-0.3, -0.25) is 19.1 Å².